The fourth-order valence-electron chi connectivity index (χ4n) is 4.06. The van der Waals surface area contributed by atoms with E-state index in [2.05, 4.69) is 4.98 Å². The first-order chi connectivity index (χ1) is 12.9. The van der Waals surface area contributed by atoms with Crippen molar-refractivity contribution in [1.29, 1.82) is 0 Å². The number of amides is 1. The van der Waals surface area contributed by atoms with E-state index in [0.29, 0.717) is 25.2 Å². The van der Waals surface area contributed by atoms with Crippen molar-refractivity contribution in [2.24, 2.45) is 0 Å². The molecule has 1 aromatic carbocycles. The molecule has 1 fully saturated rings. The molecular formula is C20H24N4O2S. The van der Waals surface area contributed by atoms with Crippen molar-refractivity contribution in [1.82, 2.24) is 19.2 Å². The summed E-state index contributed by atoms with van der Waals surface area (Å²) >= 11 is 1.52. The van der Waals surface area contributed by atoms with Crippen molar-refractivity contribution < 1.29 is 9.90 Å². The summed E-state index contributed by atoms with van der Waals surface area (Å²) in [6, 6.07) is 9.57. The lowest BCUT2D eigenvalue weighted by Gasteiger charge is -2.47. The smallest absolute Gasteiger partial charge is 0.272 e. The molecule has 1 amide bonds. The van der Waals surface area contributed by atoms with Gasteiger partial charge in [0.25, 0.3) is 5.91 Å². The van der Waals surface area contributed by atoms with Gasteiger partial charge in [0.05, 0.1) is 11.7 Å². The first-order valence-corrected chi connectivity index (χ1v) is 9.95. The van der Waals surface area contributed by atoms with Gasteiger partial charge in [0.1, 0.15) is 11.3 Å². The molecule has 4 rings (SSSR count). The molecule has 0 radical (unpaired) electrons. The van der Waals surface area contributed by atoms with E-state index in [4.69, 9.17) is 0 Å². The Balaban J connectivity index is 1.65. The molecule has 0 aliphatic carbocycles. The lowest BCUT2D eigenvalue weighted by atomic mass is 9.79. The second kappa shape index (κ2) is 6.74. The summed E-state index contributed by atoms with van der Waals surface area (Å²) in [5.41, 5.74) is 1.29. The number of fused-ring (bicyclic) bond motifs is 1. The van der Waals surface area contributed by atoms with Crippen LogP contribution in [0.1, 0.15) is 28.2 Å². The fourth-order valence-corrected chi connectivity index (χ4v) is 4.82. The number of likely N-dealkylation sites (tertiary alicyclic amines) is 1. The second-order valence-electron chi connectivity index (χ2n) is 7.37. The first kappa shape index (κ1) is 18.2. The van der Waals surface area contributed by atoms with Crippen LogP contribution < -0.4 is 0 Å². The SMILES string of the molecule is Cc1nc2sccn2c1C(=O)N1CC[C@](O)(c2ccccc2)[C@H](N(C)C)C1. The van der Waals surface area contributed by atoms with Crippen LogP contribution >= 0.6 is 11.3 Å². The molecule has 2 aromatic heterocycles. The van der Waals surface area contributed by atoms with Crippen molar-refractivity contribution in [2.45, 2.75) is 25.0 Å². The number of aryl methyl sites for hydroxylation is 1. The highest BCUT2D eigenvalue weighted by atomic mass is 32.1. The number of hydrogen-bond acceptors (Lipinski definition) is 5. The highest BCUT2D eigenvalue weighted by molar-refractivity contribution is 7.15. The summed E-state index contributed by atoms with van der Waals surface area (Å²) in [6.45, 7) is 2.85. The van der Waals surface area contributed by atoms with Gasteiger partial charge in [-0.3, -0.25) is 9.20 Å². The third kappa shape index (κ3) is 2.96. The van der Waals surface area contributed by atoms with Gasteiger partial charge in [-0.1, -0.05) is 30.3 Å². The van der Waals surface area contributed by atoms with Crippen LogP contribution in [0.4, 0.5) is 0 Å². The third-order valence-corrected chi connectivity index (χ3v) is 6.29. The summed E-state index contributed by atoms with van der Waals surface area (Å²) in [7, 11) is 3.90. The summed E-state index contributed by atoms with van der Waals surface area (Å²) in [6.07, 6.45) is 2.39. The Labute approximate surface area is 162 Å². The van der Waals surface area contributed by atoms with E-state index in [0.717, 1.165) is 16.2 Å². The number of benzene rings is 1. The van der Waals surface area contributed by atoms with Crippen molar-refractivity contribution in [3.05, 3.63) is 58.9 Å². The van der Waals surface area contributed by atoms with Gasteiger partial charge in [0.15, 0.2) is 4.96 Å². The molecule has 1 saturated heterocycles. The molecule has 7 heteroatoms. The molecule has 0 spiro atoms. The Morgan fingerprint density at radius 1 is 1.33 bits per heavy atom. The number of likely N-dealkylation sites (N-methyl/N-ethyl adjacent to an activating group) is 1. The topological polar surface area (TPSA) is 61.1 Å². The van der Waals surface area contributed by atoms with Crippen molar-refractivity contribution in [3.8, 4) is 0 Å². The van der Waals surface area contributed by atoms with E-state index < -0.39 is 5.60 Å². The Morgan fingerprint density at radius 3 is 2.78 bits per heavy atom. The molecule has 3 heterocycles. The first-order valence-electron chi connectivity index (χ1n) is 9.07. The van der Waals surface area contributed by atoms with Crippen molar-refractivity contribution in [3.63, 3.8) is 0 Å². The van der Waals surface area contributed by atoms with Crippen LogP contribution in [0, 0.1) is 6.92 Å². The van der Waals surface area contributed by atoms with Gasteiger partial charge in [0, 0.05) is 24.7 Å². The van der Waals surface area contributed by atoms with E-state index in [1.807, 2.05) is 77.1 Å². The zero-order valence-electron chi connectivity index (χ0n) is 15.8. The third-order valence-electron chi connectivity index (χ3n) is 5.53. The van der Waals surface area contributed by atoms with Gasteiger partial charge in [-0.25, -0.2) is 4.98 Å². The zero-order chi connectivity index (χ0) is 19.2. The number of aliphatic hydroxyl groups is 1. The summed E-state index contributed by atoms with van der Waals surface area (Å²) in [4.78, 5) is 22.5. The van der Waals surface area contributed by atoms with E-state index in [-0.39, 0.29) is 11.9 Å². The predicted octanol–water partition coefficient (Wildman–Crippen LogP) is 2.37. The molecule has 1 aliphatic heterocycles. The molecule has 27 heavy (non-hydrogen) atoms. The number of thiazole rings is 1. The monoisotopic (exact) mass is 384 g/mol. The number of carbonyl (C=O) groups excluding carboxylic acids is 1. The van der Waals surface area contributed by atoms with Crippen LogP contribution in [0.5, 0.6) is 0 Å². The van der Waals surface area contributed by atoms with Crippen LogP contribution in [0.25, 0.3) is 4.96 Å². The average Bonchev–Trinajstić information content (AvgIpc) is 3.22. The molecule has 0 unspecified atom stereocenters. The highest BCUT2D eigenvalue weighted by Gasteiger charge is 2.45. The maximum Gasteiger partial charge on any atom is 0.272 e. The fraction of sp³-hybridized carbons (Fsp3) is 0.400. The molecule has 1 N–H and O–H groups in total. The number of rotatable bonds is 3. The Bertz CT molecular complexity index is 965. The molecule has 0 saturated carbocycles. The van der Waals surface area contributed by atoms with Crippen LogP contribution in [0.15, 0.2) is 41.9 Å². The lowest BCUT2D eigenvalue weighted by Crippen LogP contribution is -2.60. The number of carbonyl (C=O) groups is 1. The maximum absolute atomic E-state index is 13.3. The summed E-state index contributed by atoms with van der Waals surface area (Å²) in [5, 5.41) is 13.4. The Hall–Kier alpha value is -2.22. The number of nitrogens with zero attached hydrogens (tertiary/aromatic N) is 4. The minimum atomic E-state index is -0.980. The van der Waals surface area contributed by atoms with Crippen LogP contribution in [-0.2, 0) is 5.60 Å². The van der Waals surface area contributed by atoms with Crippen molar-refractivity contribution >= 4 is 22.2 Å². The van der Waals surface area contributed by atoms with Crippen LogP contribution in [0.3, 0.4) is 0 Å². The molecule has 6 nitrogen and oxygen atoms in total. The van der Waals surface area contributed by atoms with Gasteiger partial charge in [-0.15, -0.1) is 11.3 Å². The van der Waals surface area contributed by atoms with Crippen molar-refractivity contribution in [2.75, 3.05) is 27.2 Å². The molecule has 1 aliphatic rings. The number of hydrogen-bond donors (Lipinski definition) is 1. The molecule has 2 atom stereocenters. The largest absolute Gasteiger partial charge is 0.383 e. The number of aromatic nitrogens is 2. The normalized spacial score (nSPS) is 23.3. The molecular weight excluding hydrogens is 360 g/mol. The van der Waals surface area contributed by atoms with Crippen LogP contribution in [-0.4, -0.2) is 63.4 Å². The van der Waals surface area contributed by atoms with Gasteiger partial charge >= 0.3 is 0 Å². The number of piperidine rings is 1. The summed E-state index contributed by atoms with van der Waals surface area (Å²) in [5.74, 6) is -0.0274. The number of imidazole rings is 1. The second-order valence-corrected chi connectivity index (χ2v) is 8.25. The minimum Gasteiger partial charge on any atom is -0.383 e. The predicted molar refractivity (Wildman–Crippen MR) is 106 cm³/mol. The van der Waals surface area contributed by atoms with E-state index in [1.54, 1.807) is 0 Å². The van der Waals surface area contributed by atoms with Gasteiger partial charge in [0.2, 0.25) is 0 Å². The zero-order valence-corrected chi connectivity index (χ0v) is 16.6. The van der Waals surface area contributed by atoms with Gasteiger partial charge in [-0.05, 0) is 33.0 Å². The van der Waals surface area contributed by atoms with E-state index >= 15 is 0 Å². The average molecular weight is 385 g/mol. The Morgan fingerprint density at radius 2 is 2.07 bits per heavy atom. The highest BCUT2D eigenvalue weighted by Crippen LogP contribution is 2.36. The maximum atomic E-state index is 13.3. The quantitative estimate of drug-likeness (QED) is 0.753. The van der Waals surface area contributed by atoms with Gasteiger partial charge < -0.3 is 14.9 Å². The van der Waals surface area contributed by atoms with E-state index in [1.165, 1.54) is 11.3 Å². The summed E-state index contributed by atoms with van der Waals surface area (Å²) < 4.78 is 1.87. The van der Waals surface area contributed by atoms with Crippen LogP contribution in [0.2, 0.25) is 0 Å². The minimum absolute atomic E-state index is 0.0274. The van der Waals surface area contributed by atoms with Gasteiger partial charge in [-0.2, -0.15) is 0 Å². The lowest BCUT2D eigenvalue weighted by molar-refractivity contribution is -0.0811. The standard InChI is InChI=1S/C20H24N4O2S/c1-14-17(24-11-12-27-19(24)21-14)18(25)23-10-9-20(26,16(13-23)22(2)3)15-7-5-4-6-8-15/h4-8,11-12,16,26H,9-10,13H2,1-3H3/t16-,20+/m1/s1. The molecule has 3 aromatic rings. The van der Waals surface area contributed by atoms with E-state index in [9.17, 15) is 9.90 Å². The Kier molecular flexibility index (Phi) is 4.53. The molecule has 0 bridgehead atoms. The molecule has 142 valence electrons.